The Labute approximate surface area is 218 Å². The van der Waals surface area contributed by atoms with Crippen LogP contribution in [0.1, 0.15) is 21.5 Å². The Morgan fingerprint density at radius 3 is 2.32 bits per heavy atom. The molecule has 0 aliphatic carbocycles. The molecule has 0 radical (unpaired) electrons. The van der Waals surface area contributed by atoms with E-state index in [2.05, 4.69) is 21.2 Å². The first-order valence-electron chi connectivity index (χ1n) is 11.6. The van der Waals surface area contributed by atoms with E-state index < -0.39 is 5.91 Å². The van der Waals surface area contributed by atoms with Gasteiger partial charge >= 0.3 is 0 Å². The SMILES string of the molecule is C#Cc1ccc(NC(=O)c2cc(OC)ccc2N(C=O)c2ccc(C=NN(C)CCN(C)C)cc2)cc1. The maximum Gasteiger partial charge on any atom is 0.257 e. The summed E-state index contributed by atoms with van der Waals surface area (Å²) in [6.45, 7) is 1.70. The summed E-state index contributed by atoms with van der Waals surface area (Å²) in [4.78, 5) is 28.9. The van der Waals surface area contributed by atoms with Gasteiger partial charge < -0.3 is 15.0 Å². The van der Waals surface area contributed by atoms with Crippen LogP contribution in [-0.4, -0.2) is 69.8 Å². The molecule has 0 aliphatic heterocycles. The van der Waals surface area contributed by atoms with Crippen LogP contribution in [0.2, 0.25) is 0 Å². The lowest BCUT2D eigenvalue weighted by Gasteiger charge is -2.21. The van der Waals surface area contributed by atoms with Gasteiger partial charge in [0.25, 0.3) is 5.91 Å². The summed E-state index contributed by atoms with van der Waals surface area (Å²) in [5, 5.41) is 9.17. The number of amides is 2. The predicted molar refractivity (Wildman–Crippen MR) is 149 cm³/mol. The Morgan fingerprint density at radius 1 is 1.03 bits per heavy atom. The maximum atomic E-state index is 13.2. The lowest BCUT2D eigenvalue weighted by Crippen LogP contribution is -2.25. The summed E-state index contributed by atoms with van der Waals surface area (Å²) >= 11 is 0. The second kappa shape index (κ2) is 12.9. The van der Waals surface area contributed by atoms with E-state index in [1.54, 1.807) is 60.8 Å². The van der Waals surface area contributed by atoms with Crippen molar-refractivity contribution >= 4 is 35.6 Å². The van der Waals surface area contributed by atoms with Gasteiger partial charge in [-0.1, -0.05) is 18.1 Å². The molecule has 37 heavy (non-hydrogen) atoms. The number of hydrogen-bond acceptors (Lipinski definition) is 6. The van der Waals surface area contributed by atoms with Crippen LogP contribution >= 0.6 is 0 Å². The average Bonchev–Trinajstić information content (AvgIpc) is 2.92. The van der Waals surface area contributed by atoms with Gasteiger partial charge in [0.05, 0.1) is 24.6 Å². The summed E-state index contributed by atoms with van der Waals surface area (Å²) in [7, 11) is 7.47. The molecule has 1 N–H and O–H groups in total. The first-order valence-corrected chi connectivity index (χ1v) is 11.6. The van der Waals surface area contributed by atoms with Crippen LogP contribution in [0.3, 0.4) is 0 Å². The molecular weight excluding hydrogens is 466 g/mol. The van der Waals surface area contributed by atoms with Gasteiger partial charge in [-0.3, -0.25) is 19.5 Å². The molecule has 0 unspecified atom stereocenters. The van der Waals surface area contributed by atoms with E-state index in [4.69, 9.17) is 11.2 Å². The zero-order chi connectivity index (χ0) is 26.8. The fourth-order valence-electron chi connectivity index (χ4n) is 3.43. The third-order valence-corrected chi connectivity index (χ3v) is 5.57. The lowest BCUT2D eigenvalue weighted by atomic mass is 10.1. The molecule has 0 saturated heterocycles. The lowest BCUT2D eigenvalue weighted by molar-refractivity contribution is -0.106. The van der Waals surface area contributed by atoms with E-state index in [0.717, 1.165) is 18.7 Å². The molecule has 0 atom stereocenters. The number of nitrogens with one attached hydrogen (secondary N) is 1. The van der Waals surface area contributed by atoms with Gasteiger partial charge in [0.15, 0.2) is 0 Å². The number of methoxy groups -OCH3 is 1. The van der Waals surface area contributed by atoms with Crippen LogP contribution in [0.4, 0.5) is 17.1 Å². The molecule has 3 rings (SSSR count). The van der Waals surface area contributed by atoms with Crippen molar-refractivity contribution in [3.8, 4) is 18.1 Å². The molecule has 0 heterocycles. The third-order valence-electron chi connectivity index (χ3n) is 5.57. The van der Waals surface area contributed by atoms with Crippen molar-refractivity contribution in [2.45, 2.75) is 0 Å². The van der Waals surface area contributed by atoms with Crippen molar-refractivity contribution < 1.29 is 14.3 Å². The molecule has 0 fully saturated rings. The standard InChI is InChI=1S/C29H31N5O3/c1-6-22-7-11-24(12-8-22)31-29(36)27-19-26(37-5)15-16-28(27)34(21-35)25-13-9-23(10-14-25)20-30-33(4)18-17-32(2)3/h1,7-16,19-21H,17-18H2,2-5H3,(H,31,36). The minimum atomic E-state index is -0.390. The molecule has 8 nitrogen and oxygen atoms in total. The van der Waals surface area contributed by atoms with Crippen molar-refractivity contribution in [2.75, 3.05) is 51.6 Å². The largest absolute Gasteiger partial charge is 0.497 e. The summed E-state index contributed by atoms with van der Waals surface area (Å²) < 4.78 is 5.32. The van der Waals surface area contributed by atoms with E-state index in [9.17, 15) is 9.59 Å². The number of hydrogen-bond donors (Lipinski definition) is 1. The number of carbonyl (C=O) groups excluding carboxylic acids is 2. The van der Waals surface area contributed by atoms with Crippen LogP contribution in [0.5, 0.6) is 5.75 Å². The van der Waals surface area contributed by atoms with E-state index in [1.807, 2.05) is 38.3 Å². The average molecular weight is 498 g/mol. The van der Waals surface area contributed by atoms with E-state index in [-0.39, 0.29) is 5.56 Å². The van der Waals surface area contributed by atoms with E-state index in [0.29, 0.717) is 34.8 Å². The minimum absolute atomic E-state index is 0.278. The highest BCUT2D eigenvalue weighted by Crippen LogP contribution is 2.31. The van der Waals surface area contributed by atoms with Gasteiger partial charge in [-0.25, -0.2) is 0 Å². The number of benzene rings is 3. The second-order valence-electron chi connectivity index (χ2n) is 8.55. The van der Waals surface area contributed by atoms with Crippen LogP contribution in [0.15, 0.2) is 71.8 Å². The summed E-state index contributed by atoms with van der Waals surface area (Å²) in [5.74, 6) is 2.65. The molecule has 0 saturated carbocycles. The first-order chi connectivity index (χ1) is 17.8. The molecule has 2 amide bonds. The van der Waals surface area contributed by atoms with Crippen molar-refractivity contribution in [3.05, 3.63) is 83.4 Å². The molecule has 190 valence electrons. The monoisotopic (exact) mass is 497 g/mol. The first kappa shape index (κ1) is 27.0. The van der Waals surface area contributed by atoms with E-state index in [1.165, 1.54) is 12.0 Å². The summed E-state index contributed by atoms with van der Waals surface area (Å²) in [6, 6.07) is 19.3. The Balaban J connectivity index is 1.84. The number of likely N-dealkylation sites (N-methyl/N-ethyl adjacent to an activating group) is 2. The fraction of sp³-hybridized carbons (Fsp3) is 0.207. The highest BCUT2D eigenvalue weighted by molar-refractivity contribution is 6.10. The van der Waals surface area contributed by atoms with Gasteiger partial charge in [0, 0.05) is 37.1 Å². The van der Waals surface area contributed by atoms with Crippen molar-refractivity contribution in [1.29, 1.82) is 0 Å². The van der Waals surface area contributed by atoms with Crippen LogP contribution in [0, 0.1) is 12.3 Å². The minimum Gasteiger partial charge on any atom is -0.497 e. The number of nitrogens with zero attached hydrogens (tertiary/aromatic N) is 4. The number of terminal acetylenes is 1. The molecule has 0 spiro atoms. The number of carbonyl (C=O) groups is 2. The maximum absolute atomic E-state index is 13.2. The number of rotatable bonds is 11. The zero-order valence-electron chi connectivity index (χ0n) is 21.5. The van der Waals surface area contributed by atoms with Gasteiger partial charge in [0.2, 0.25) is 6.41 Å². The highest BCUT2D eigenvalue weighted by Gasteiger charge is 2.19. The Hall–Kier alpha value is -4.61. The van der Waals surface area contributed by atoms with Gasteiger partial charge in [0.1, 0.15) is 5.75 Å². The van der Waals surface area contributed by atoms with Crippen molar-refractivity contribution in [3.63, 3.8) is 0 Å². The number of anilines is 3. The summed E-state index contributed by atoms with van der Waals surface area (Å²) in [6.07, 6.45) is 7.85. The molecular formula is C29H31N5O3. The Bertz CT molecular complexity index is 1280. The molecule has 3 aromatic rings. The fourth-order valence-corrected chi connectivity index (χ4v) is 3.43. The Kier molecular flexibility index (Phi) is 9.41. The van der Waals surface area contributed by atoms with E-state index >= 15 is 0 Å². The van der Waals surface area contributed by atoms with Crippen LogP contribution in [-0.2, 0) is 4.79 Å². The van der Waals surface area contributed by atoms with Gasteiger partial charge in [-0.05, 0) is 74.3 Å². The van der Waals surface area contributed by atoms with Gasteiger partial charge in [-0.15, -0.1) is 6.42 Å². The topological polar surface area (TPSA) is 77.5 Å². The van der Waals surface area contributed by atoms with Gasteiger partial charge in [-0.2, -0.15) is 5.10 Å². The molecule has 0 aromatic heterocycles. The molecule has 0 bridgehead atoms. The smallest absolute Gasteiger partial charge is 0.257 e. The highest BCUT2D eigenvalue weighted by atomic mass is 16.5. The molecule has 8 heteroatoms. The number of hydrazone groups is 1. The van der Waals surface area contributed by atoms with Crippen molar-refractivity contribution in [1.82, 2.24) is 9.91 Å². The van der Waals surface area contributed by atoms with Crippen LogP contribution < -0.4 is 15.0 Å². The molecule has 0 aliphatic rings. The quantitative estimate of drug-likeness (QED) is 0.187. The third kappa shape index (κ3) is 7.43. The second-order valence-corrected chi connectivity index (χ2v) is 8.55. The Morgan fingerprint density at radius 2 is 1.73 bits per heavy atom. The number of ether oxygens (including phenoxy) is 1. The molecule has 3 aromatic carbocycles. The normalized spacial score (nSPS) is 10.7. The zero-order valence-corrected chi connectivity index (χ0v) is 21.5. The summed E-state index contributed by atoms with van der Waals surface area (Å²) in [5.41, 5.74) is 3.47. The predicted octanol–water partition coefficient (Wildman–Crippen LogP) is 4.05. The van der Waals surface area contributed by atoms with Crippen LogP contribution in [0.25, 0.3) is 0 Å². The van der Waals surface area contributed by atoms with Crippen molar-refractivity contribution in [2.24, 2.45) is 5.10 Å².